The van der Waals surface area contributed by atoms with E-state index in [0.29, 0.717) is 12.0 Å². The van der Waals surface area contributed by atoms with Gasteiger partial charge in [0.2, 0.25) is 11.8 Å². The maximum atomic E-state index is 11.9. The summed E-state index contributed by atoms with van der Waals surface area (Å²) in [4.78, 5) is 23.4. The molecule has 0 radical (unpaired) electrons. The van der Waals surface area contributed by atoms with Crippen LogP contribution in [0.5, 0.6) is 0 Å². The lowest BCUT2D eigenvalue weighted by molar-refractivity contribution is -0.128. The van der Waals surface area contributed by atoms with Crippen molar-refractivity contribution < 1.29 is 9.59 Å². The summed E-state index contributed by atoms with van der Waals surface area (Å²) in [6.45, 7) is 3.16. The molecule has 0 bridgehead atoms. The Kier molecular flexibility index (Phi) is 4.58. The third kappa shape index (κ3) is 3.98. The maximum absolute atomic E-state index is 11.9. The zero-order chi connectivity index (χ0) is 13.0. The molecule has 2 aliphatic rings. The predicted molar refractivity (Wildman–Crippen MR) is 69.0 cm³/mol. The fourth-order valence-electron chi connectivity index (χ4n) is 2.36. The molecule has 2 unspecified atom stereocenters. The quantitative estimate of drug-likeness (QED) is 0.653. The summed E-state index contributed by atoms with van der Waals surface area (Å²) in [5.41, 5.74) is 0. The van der Waals surface area contributed by atoms with Crippen molar-refractivity contribution in [2.24, 2.45) is 5.92 Å². The van der Waals surface area contributed by atoms with Crippen molar-refractivity contribution in [3.63, 3.8) is 0 Å². The van der Waals surface area contributed by atoms with Crippen LogP contribution < -0.4 is 16.0 Å². The molecule has 1 saturated heterocycles. The normalized spacial score (nSPS) is 27.6. The van der Waals surface area contributed by atoms with E-state index in [0.717, 1.165) is 38.6 Å². The van der Waals surface area contributed by atoms with Crippen LogP contribution in [0.15, 0.2) is 0 Å². The van der Waals surface area contributed by atoms with Gasteiger partial charge in [-0.1, -0.05) is 13.3 Å². The van der Waals surface area contributed by atoms with Crippen molar-refractivity contribution in [1.29, 1.82) is 0 Å². The van der Waals surface area contributed by atoms with Gasteiger partial charge >= 0.3 is 0 Å². The first-order chi connectivity index (χ1) is 8.69. The molecule has 2 rings (SSSR count). The molecule has 5 heteroatoms. The van der Waals surface area contributed by atoms with Gasteiger partial charge in [-0.2, -0.15) is 0 Å². The summed E-state index contributed by atoms with van der Waals surface area (Å²) in [7, 11) is 0. The molecule has 0 spiro atoms. The second kappa shape index (κ2) is 6.18. The van der Waals surface area contributed by atoms with Gasteiger partial charge in [-0.25, -0.2) is 0 Å². The van der Waals surface area contributed by atoms with Crippen molar-refractivity contribution >= 4 is 11.8 Å². The first kappa shape index (κ1) is 13.3. The Morgan fingerprint density at radius 2 is 2.06 bits per heavy atom. The maximum Gasteiger partial charge on any atom is 0.239 e. The van der Waals surface area contributed by atoms with Crippen LogP contribution in [0, 0.1) is 5.92 Å². The fourth-order valence-corrected chi connectivity index (χ4v) is 2.36. The van der Waals surface area contributed by atoms with Gasteiger partial charge in [-0.05, 0) is 38.1 Å². The lowest BCUT2D eigenvalue weighted by Crippen LogP contribution is -2.50. The van der Waals surface area contributed by atoms with Crippen molar-refractivity contribution in [1.82, 2.24) is 16.0 Å². The Morgan fingerprint density at radius 1 is 1.28 bits per heavy atom. The second-order valence-corrected chi connectivity index (χ2v) is 5.36. The molecule has 5 nitrogen and oxygen atoms in total. The molecule has 2 fully saturated rings. The molecule has 1 heterocycles. The van der Waals surface area contributed by atoms with Crippen molar-refractivity contribution in [3.8, 4) is 0 Å². The summed E-state index contributed by atoms with van der Waals surface area (Å²) < 4.78 is 0. The first-order valence-corrected chi connectivity index (χ1v) is 6.99. The molecule has 0 aromatic carbocycles. The highest BCUT2D eigenvalue weighted by Crippen LogP contribution is 2.19. The van der Waals surface area contributed by atoms with Crippen LogP contribution in [0.2, 0.25) is 0 Å². The summed E-state index contributed by atoms with van der Waals surface area (Å²) >= 11 is 0. The zero-order valence-corrected chi connectivity index (χ0v) is 11.0. The molecule has 102 valence electrons. The van der Waals surface area contributed by atoms with E-state index in [1.54, 1.807) is 0 Å². The number of nitrogens with one attached hydrogen (secondary N) is 3. The second-order valence-electron chi connectivity index (χ2n) is 5.36. The van der Waals surface area contributed by atoms with Crippen LogP contribution in [0.1, 0.15) is 39.0 Å². The van der Waals surface area contributed by atoms with Crippen LogP contribution in [-0.4, -0.2) is 37.0 Å². The van der Waals surface area contributed by atoms with E-state index in [2.05, 4.69) is 22.9 Å². The number of hydrogen-bond donors (Lipinski definition) is 3. The molecule has 2 atom stereocenters. The Morgan fingerprint density at radius 3 is 2.72 bits per heavy atom. The number of hydrogen-bond acceptors (Lipinski definition) is 3. The molecule has 1 aliphatic carbocycles. The average molecular weight is 253 g/mol. The molecule has 0 aromatic rings. The molecular weight excluding hydrogens is 230 g/mol. The number of amides is 2. The van der Waals surface area contributed by atoms with E-state index in [1.165, 1.54) is 0 Å². The molecule has 1 aliphatic heterocycles. The minimum absolute atomic E-state index is 0.0425. The van der Waals surface area contributed by atoms with Crippen LogP contribution in [0.3, 0.4) is 0 Å². The minimum Gasteiger partial charge on any atom is -0.352 e. The monoisotopic (exact) mass is 253 g/mol. The Balaban J connectivity index is 1.68. The van der Waals surface area contributed by atoms with E-state index in [9.17, 15) is 9.59 Å². The number of carbonyl (C=O) groups is 2. The van der Waals surface area contributed by atoms with Gasteiger partial charge in [-0.15, -0.1) is 0 Å². The van der Waals surface area contributed by atoms with Gasteiger partial charge < -0.3 is 16.0 Å². The number of carbonyl (C=O) groups excluding carboxylic acids is 2. The summed E-state index contributed by atoms with van der Waals surface area (Å²) in [6, 6.07) is 0.226. The Hall–Kier alpha value is -1.10. The van der Waals surface area contributed by atoms with E-state index in [-0.39, 0.29) is 24.4 Å². The van der Waals surface area contributed by atoms with Crippen LogP contribution >= 0.6 is 0 Å². The van der Waals surface area contributed by atoms with Crippen molar-refractivity contribution in [2.45, 2.75) is 51.1 Å². The van der Waals surface area contributed by atoms with Crippen LogP contribution in [0.4, 0.5) is 0 Å². The summed E-state index contributed by atoms with van der Waals surface area (Å²) in [5, 5.41) is 8.79. The fraction of sp³-hybridized carbons (Fsp3) is 0.846. The van der Waals surface area contributed by atoms with Gasteiger partial charge in [0.1, 0.15) is 0 Å². The highest BCUT2D eigenvalue weighted by molar-refractivity contribution is 5.87. The zero-order valence-electron chi connectivity index (χ0n) is 11.0. The van der Waals surface area contributed by atoms with Crippen LogP contribution in [0.25, 0.3) is 0 Å². The molecule has 3 N–H and O–H groups in total. The van der Waals surface area contributed by atoms with E-state index in [1.807, 2.05) is 0 Å². The Bertz CT molecular complexity index is 315. The van der Waals surface area contributed by atoms with Gasteiger partial charge in [0.05, 0.1) is 12.6 Å². The lowest BCUT2D eigenvalue weighted by Gasteiger charge is -2.28. The molecule has 2 amide bonds. The van der Waals surface area contributed by atoms with Gasteiger partial charge in [0, 0.05) is 6.04 Å². The molecule has 18 heavy (non-hydrogen) atoms. The minimum atomic E-state index is -0.127. The predicted octanol–water partition coefficient (Wildman–Crippen LogP) is 0.159. The first-order valence-electron chi connectivity index (χ1n) is 6.99. The van der Waals surface area contributed by atoms with Gasteiger partial charge in [0.25, 0.3) is 0 Å². The smallest absolute Gasteiger partial charge is 0.239 e. The van der Waals surface area contributed by atoms with Gasteiger partial charge in [-0.3, -0.25) is 9.59 Å². The average Bonchev–Trinajstić information content (AvgIpc) is 3.20. The molecule has 1 saturated carbocycles. The topological polar surface area (TPSA) is 70.2 Å². The summed E-state index contributed by atoms with van der Waals surface area (Å²) in [5.74, 6) is 0.509. The van der Waals surface area contributed by atoms with Crippen molar-refractivity contribution in [3.05, 3.63) is 0 Å². The molecular formula is C13H23N3O2. The standard InChI is InChI=1S/C13H23N3O2/c1-2-9-5-6-14-11(7-9)13(18)15-8-12(17)16-10-3-4-10/h9-11,14H,2-8H2,1H3,(H,15,18)(H,16,17). The van der Waals surface area contributed by atoms with Crippen molar-refractivity contribution in [2.75, 3.05) is 13.1 Å². The van der Waals surface area contributed by atoms with E-state index >= 15 is 0 Å². The molecule has 0 aromatic heterocycles. The largest absolute Gasteiger partial charge is 0.352 e. The highest BCUT2D eigenvalue weighted by atomic mass is 16.2. The third-order valence-electron chi connectivity index (χ3n) is 3.77. The van der Waals surface area contributed by atoms with E-state index in [4.69, 9.17) is 0 Å². The summed E-state index contributed by atoms with van der Waals surface area (Å²) in [6.07, 6.45) is 5.28. The number of piperidine rings is 1. The Labute approximate surface area is 108 Å². The lowest BCUT2D eigenvalue weighted by atomic mass is 9.90. The number of rotatable bonds is 5. The van der Waals surface area contributed by atoms with Crippen LogP contribution in [-0.2, 0) is 9.59 Å². The highest BCUT2D eigenvalue weighted by Gasteiger charge is 2.27. The SMILES string of the molecule is CCC1CCNC(C(=O)NCC(=O)NC2CC2)C1. The van der Waals surface area contributed by atoms with Gasteiger partial charge in [0.15, 0.2) is 0 Å². The van der Waals surface area contributed by atoms with E-state index < -0.39 is 0 Å². The third-order valence-corrected chi connectivity index (χ3v) is 3.77.